The number of carbonyl (C=O) groups is 2. The minimum Gasteiger partial charge on any atom is -0.481 e. The van der Waals surface area contributed by atoms with Crippen molar-refractivity contribution < 1.29 is 14.3 Å². The molecule has 0 aromatic heterocycles. The minimum atomic E-state index is -0.744. The Morgan fingerprint density at radius 1 is 0.931 bits per heavy atom. The maximum absolute atomic E-state index is 12.9. The molecule has 1 atom stereocenters. The molecule has 0 aliphatic carbocycles. The van der Waals surface area contributed by atoms with E-state index in [4.69, 9.17) is 16.3 Å². The Labute approximate surface area is 175 Å². The number of rotatable bonds is 6. The van der Waals surface area contributed by atoms with Gasteiger partial charge in [0.15, 0.2) is 11.9 Å². The number of anilines is 1. The summed E-state index contributed by atoms with van der Waals surface area (Å²) < 4.78 is 5.80. The van der Waals surface area contributed by atoms with Crippen LogP contribution in [0.1, 0.15) is 34.0 Å². The molecule has 0 heterocycles. The van der Waals surface area contributed by atoms with Gasteiger partial charge in [0, 0.05) is 16.1 Å². The Hall–Kier alpha value is -3.11. The van der Waals surface area contributed by atoms with E-state index in [0.29, 0.717) is 27.6 Å². The van der Waals surface area contributed by atoms with Crippen molar-refractivity contribution in [2.45, 2.75) is 26.9 Å². The second-order valence-electron chi connectivity index (χ2n) is 6.96. The average molecular weight is 408 g/mol. The lowest BCUT2D eigenvalue weighted by Crippen LogP contribution is -2.30. The Bertz CT molecular complexity index is 1030. The van der Waals surface area contributed by atoms with Gasteiger partial charge >= 0.3 is 0 Å². The van der Waals surface area contributed by atoms with E-state index >= 15 is 0 Å². The first-order chi connectivity index (χ1) is 13.8. The van der Waals surface area contributed by atoms with Crippen LogP contribution in [0, 0.1) is 13.8 Å². The molecule has 0 bridgehead atoms. The van der Waals surface area contributed by atoms with E-state index in [1.807, 2.05) is 38.1 Å². The van der Waals surface area contributed by atoms with Crippen molar-refractivity contribution in [3.05, 3.63) is 94.0 Å². The van der Waals surface area contributed by atoms with Gasteiger partial charge in [-0.05, 0) is 62.2 Å². The second-order valence-corrected chi connectivity index (χ2v) is 7.39. The fourth-order valence-corrected chi connectivity index (χ4v) is 3.22. The van der Waals surface area contributed by atoms with Crippen LogP contribution >= 0.6 is 11.6 Å². The van der Waals surface area contributed by atoms with Crippen LogP contribution in [-0.2, 0) is 4.79 Å². The quantitative estimate of drug-likeness (QED) is 0.541. The van der Waals surface area contributed by atoms with Crippen LogP contribution in [0.5, 0.6) is 5.75 Å². The van der Waals surface area contributed by atoms with Crippen molar-refractivity contribution in [2.24, 2.45) is 0 Å². The van der Waals surface area contributed by atoms with Crippen LogP contribution in [0.25, 0.3) is 0 Å². The van der Waals surface area contributed by atoms with E-state index in [-0.39, 0.29) is 11.7 Å². The number of hydrogen-bond acceptors (Lipinski definition) is 3. The number of aryl methyl sites for hydroxylation is 2. The van der Waals surface area contributed by atoms with Crippen molar-refractivity contribution in [1.29, 1.82) is 0 Å². The predicted molar refractivity (Wildman–Crippen MR) is 116 cm³/mol. The van der Waals surface area contributed by atoms with E-state index in [1.165, 1.54) is 0 Å². The smallest absolute Gasteiger partial charge is 0.265 e. The molecule has 5 heteroatoms. The third-order valence-electron chi connectivity index (χ3n) is 4.40. The van der Waals surface area contributed by atoms with Crippen LogP contribution in [0.4, 0.5) is 5.69 Å². The fourth-order valence-electron chi connectivity index (χ4n) is 3.05. The summed E-state index contributed by atoms with van der Waals surface area (Å²) in [6.45, 7) is 5.61. The molecule has 3 aromatic rings. The lowest BCUT2D eigenvalue weighted by Gasteiger charge is -2.17. The Morgan fingerprint density at radius 3 is 2.24 bits per heavy atom. The second kappa shape index (κ2) is 8.93. The summed E-state index contributed by atoms with van der Waals surface area (Å²) in [5, 5.41) is 3.21. The largest absolute Gasteiger partial charge is 0.481 e. The van der Waals surface area contributed by atoms with Gasteiger partial charge in [-0.3, -0.25) is 9.59 Å². The van der Waals surface area contributed by atoms with Crippen molar-refractivity contribution in [3.8, 4) is 5.75 Å². The zero-order valence-electron chi connectivity index (χ0n) is 16.5. The van der Waals surface area contributed by atoms with E-state index in [0.717, 1.165) is 11.1 Å². The number of ketones is 1. The van der Waals surface area contributed by atoms with Crippen molar-refractivity contribution in [1.82, 2.24) is 0 Å². The lowest BCUT2D eigenvalue weighted by atomic mass is 10.0. The molecule has 4 nitrogen and oxygen atoms in total. The summed E-state index contributed by atoms with van der Waals surface area (Å²) in [5.74, 6) is 0.0571. The van der Waals surface area contributed by atoms with Crippen LogP contribution in [0.15, 0.2) is 66.7 Å². The summed E-state index contributed by atoms with van der Waals surface area (Å²) in [6.07, 6.45) is -0.744. The molecular weight excluding hydrogens is 386 g/mol. The summed E-state index contributed by atoms with van der Waals surface area (Å²) in [4.78, 5) is 25.6. The third kappa shape index (κ3) is 5.24. The van der Waals surface area contributed by atoms with Crippen LogP contribution < -0.4 is 10.1 Å². The van der Waals surface area contributed by atoms with Gasteiger partial charge in [-0.25, -0.2) is 0 Å². The third-order valence-corrected chi connectivity index (χ3v) is 4.63. The van der Waals surface area contributed by atoms with Gasteiger partial charge in [-0.1, -0.05) is 48.0 Å². The summed E-state index contributed by atoms with van der Waals surface area (Å²) >= 11 is 6.09. The standard InChI is InChI=1S/C24H22ClNO3/c1-15-11-16(2)13-20(12-15)29-17(3)24(28)26-22-10-9-19(25)14-21(22)23(27)18-7-5-4-6-8-18/h4-14,17H,1-3H3,(H,26,28)/t17-/m1/s1. The van der Waals surface area contributed by atoms with Crippen LogP contribution in [0.2, 0.25) is 5.02 Å². The molecule has 148 valence electrons. The van der Waals surface area contributed by atoms with E-state index in [9.17, 15) is 9.59 Å². The molecule has 0 radical (unpaired) electrons. The normalized spacial score (nSPS) is 11.6. The first kappa shape index (κ1) is 20.6. The molecule has 0 spiro atoms. The van der Waals surface area contributed by atoms with Crippen molar-refractivity contribution >= 4 is 29.0 Å². The molecular formula is C24H22ClNO3. The van der Waals surface area contributed by atoms with Gasteiger partial charge in [0.25, 0.3) is 5.91 Å². The highest BCUT2D eigenvalue weighted by Crippen LogP contribution is 2.24. The summed E-state index contributed by atoms with van der Waals surface area (Å²) in [7, 11) is 0. The molecule has 0 saturated carbocycles. The highest BCUT2D eigenvalue weighted by atomic mass is 35.5. The first-order valence-corrected chi connectivity index (χ1v) is 9.66. The minimum absolute atomic E-state index is 0.216. The zero-order chi connectivity index (χ0) is 21.0. The summed E-state index contributed by atoms with van der Waals surface area (Å²) in [5.41, 5.74) is 3.35. The predicted octanol–water partition coefficient (Wildman–Crippen LogP) is 5.59. The molecule has 0 aliphatic heterocycles. The molecule has 29 heavy (non-hydrogen) atoms. The monoisotopic (exact) mass is 407 g/mol. The number of carbonyl (C=O) groups excluding carboxylic acids is 2. The van der Waals surface area contributed by atoms with Crippen LogP contribution in [0.3, 0.4) is 0 Å². The molecule has 1 N–H and O–H groups in total. The number of benzene rings is 3. The first-order valence-electron chi connectivity index (χ1n) is 9.28. The maximum Gasteiger partial charge on any atom is 0.265 e. The van der Waals surface area contributed by atoms with Crippen molar-refractivity contribution in [2.75, 3.05) is 5.32 Å². The number of ether oxygens (including phenoxy) is 1. The molecule has 0 saturated heterocycles. The molecule has 3 aromatic carbocycles. The Balaban J connectivity index is 1.80. The number of halogens is 1. The topological polar surface area (TPSA) is 55.4 Å². The van der Waals surface area contributed by atoms with Gasteiger partial charge < -0.3 is 10.1 Å². The zero-order valence-corrected chi connectivity index (χ0v) is 17.3. The molecule has 0 fully saturated rings. The lowest BCUT2D eigenvalue weighted by molar-refractivity contribution is -0.122. The van der Waals surface area contributed by atoms with Gasteiger partial charge in [0.1, 0.15) is 5.75 Å². The average Bonchev–Trinajstić information content (AvgIpc) is 2.68. The number of amides is 1. The highest BCUT2D eigenvalue weighted by Gasteiger charge is 2.20. The van der Waals surface area contributed by atoms with Crippen molar-refractivity contribution in [3.63, 3.8) is 0 Å². The van der Waals surface area contributed by atoms with Gasteiger partial charge in [0.05, 0.1) is 5.69 Å². The molecule has 3 rings (SSSR count). The Morgan fingerprint density at radius 2 is 1.59 bits per heavy atom. The van der Waals surface area contributed by atoms with Gasteiger partial charge in [-0.2, -0.15) is 0 Å². The van der Waals surface area contributed by atoms with E-state index in [1.54, 1.807) is 49.4 Å². The number of nitrogens with one attached hydrogen (secondary N) is 1. The van der Waals surface area contributed by atoms with E-state index in [2.05, 4.69) is 5.32 Å². The SMILES string of the molecule is Cc1cc(C)cc(O[C@H](C)C(=O)Nc2ccc(Cl)cc2C(=O)c2ccccc2)c1. The maximum atomic E-state index is 12.9. The summed E-state index contributed by atoms with van der Waals surface area (Å²) in [6, 6.07) is 19.5. The fraction of sp³-hybridized carbons (Fsp3) is 0.167. The molecule has 0 aliphatic rings. The highest BCUT2D eigenvalue weighted by molar-refractivity contribution is 6.31. The van der Waals surface area contributed by atoms with Gasteiger partial charge in [0.2, 0.25) is 0 Å². The van der Waals surface area contributed by atoms with Crippen LogP contribution in [-0.4, -0.2) is 17.8 Å². The molecule has 1 amide bonds. The number of hydrogen-bond donors (Lipinski definition) is 1. The molecule has 0 unspecified atom stereocenters. The Kier molecular flexibility index (Phi) is 6.35. The van der Waals surface area contributed by atoms with E-state index < -0.39 is 6.10 Å². The van der Waals surface area contributed by atoms with Gasteiger partial charge in [-0.15, -0.1) is 0 Å².